The van der Waals surface area contributed by atoms with Crippen LogP contribution in [0.15, 0.2) is 36.7 Å². The molecule has 0 aliphatic carbocycles. The Morgan fingerprint density at radius 2 is 2.33 bits per heavy atom. The second-order valence-corrected chi connectivity index (χ2v) is 4.39. The zero-order valence-corrected chi connectivity index (χ0v) is 10.2. The molecule has 0 spiro atoms. The van der Waals surface area contributed by atoms with Crippen LogP contribution in [0.25, 0.3) is 10.8 Å². The predicted octanol–water partition coefficient (Wildman–Crippen LogP) is 1.99. The van der Waals surface area contributed by atoms with Crippen molar-refractivity contribution in [2.45, 2.75) is 12.5 Å². The molecule has 1 fully saturated rings. The Kier molecular flexibility index (Phi) is 2.63. The summed E-state index contributed by atoms with van der Waals surface area (Å²) in [6.07, 6.45) is 4.47. The van der Waals surface area contributed by atoms with E-state index in [0.29, 0.717) is 0 Å². The van der Waals surface area contributed by atoms with Crippen molar-refractivity contribution in [2.75, 3.05) is 18.6 Å². The van der Waals surface area contributed by atoms with Gasteiger partial charge in [-0.25, -0.2) is 4.79 Å². The number of hydrogen-bond acceptors (Lipinski definition) is 4. The zero-order valence-electron chi connectivity index (χ0n) is 10.2. The number of benzene rings is 1. The highest BCUT2D eigenvalue weighted by Crippen LogP contribution is 2.32. The first kappa shape index (κ1) is 11.0. The van der Waals surface area contributed by atoms with E-state index in [2.05, 4.69) is 9.88 Å². The molecule has 1 aromatic heterocycles. The lowest BCUT2D eigenvalue weighted by Gasteiger charge is -2.41. The molecule has 0 radical (unpaired) electrons. The van der Waals surface area contributed by atoms with Crippen molar-refractivity contribution in [2.24, 2.45) is 0 Å². The van der Waals surface area contributed by atoms with Crippen molar-refractivity contribution in [3.63, 3.8) is 0 Å². The summed E-state index contributed by atoms with van der Waals surface area (Å²) in [6.45, 7) is 0.883. The molecule has 1 aliphatic heterocycles. The fourth-order valence-corrected chi connectivity index (χ4v) is 2.40. The maximum Gasteiger partial charge on any atom is 0.328 e. The largest absolute Gasteiger partial charge is 0.467 e. The van der Waals surface area contributed by atoms with E-state index in [0.717, 1.165) is 29.4 Å². The van der Waals surface area contributed by atoms with Crippen molar-refractivity contribution in [1.29, 1.82) is 0 Å². The summed E-state index contributed by atoms with van der Waals surface area (Å²) in [4.78, 5) is 17.9. The minimum atomic E-state index is -0.165. The van der Waals surface area contributed by atoms with E-state index in [1.165, 1.54) is 7.11 Å². The molecule has 4 heteroatoms. The molecule has 0 saturated carbocycles. The van der Waals surface area contributed by atoms with Crippen molar-refractivity contribution < 1.29 is 9.53 Å². The number of pyridine rings is 1. The fraction of sp³-hybridized carbons (Fsp3) is 0.286. The Labute approximate surface area is 105 Å². The maximum absolute atomic E-state index is 11.6. The summed E-state index contributed by atoms with van der Waals surface area (Å²) in [6, 6.07) is 7.91. The Morgan fingerprint density at radius 3 is 3.06 bits per heavy atom. The Bertz CT molecular complexity index is 592. The molecule has 0 amide bonds. The number of esters is 1. The highest BCUT2D eigenvalue weighted by Gasteiger charge is 2.35. The molecule has 1 aromatic carbocycles. The molecular weight excluding hydrogens is 228 g/mol. The van der Waals surface area contributed by atoms with Gasteiger partial charge in [-0.3, -0.25) is 4.98 Å². The number of carbonyl (C=O) groups excluding carboxylic acids is 1. The molecule has 4 nitrogen and oxygen atoms in total. The number of aromatic nitrogens is 1. The van der Waals surface area contributed by atoms with E-state index in [1.54, 1.807) is 6.20 Å². The van der Waals surface area contributed by atoms with Gasteiger partial charge in [0.15, 0.2) is 0 Å². The highest BCUT2D eigenvalue weighted by atomic mass is 16.5. The van der Waals surface area contributed by atoms with Crippen molar-refractivity contribution in [3.8, 4) is 0 Å². The quantitative estimate of drug-likeness (QED) is 0.755. The molecule has 1 saturated heterocycles. The number of nitrogens with zero attached hydrogens (tertiary/aromatic N) is 2. The van der Waals surface area contributed by atoms with Crippen LogP contribution in [-0.2, 0) is 9.53 Å². The van der Waals surface area contributed by atoms with E-state index in [1.807, 2.05) is 30.5 Å². The summed E-state index contributed by atoms with van der Waals surface area (Å²) < 4.78 is 4.82. The van der Waals surface area contributed by atoms with Crippen molar-refractivity contribution >= 4 is 22.4 Å². The lowest BCUT2D eigenvalue weighted by Crippen LogP contribution is -2.53. The number of rotatable bonds is 2. The third kappa shape index (κ3) is 1.61. The molecule has 1 atom stereocenters. The van der Waals surface area contributed by atoms with Gasteiger partial charge in [0.1, 0.15) is 6.04 Å². The second kappa shape index (κ2) is 4.29. The van der Waals surface area contributed by atoms with Gasteiger partial charge in [0.25, 0.3) is 0 Å². The van der Waals surface area contributed by atoms with Gasteiger partial charge in [-0.1, -0.05) is 12.1 Å². The van der Waals surface area contributed by atoms with E-state index < -0.39 is 0 Å². The first-order chi connectivity index (χ1) is 8.81. The number of carbonyl (C=O) groups is 1. The van der Waals surface area contributed by atoms with E-state index in [-0.39, 0.29) is 12.0 Å². The highest BCUT2D eigenvalue weighted by molar-refractivity contribution is 5.96. The van der Waals surface area contributed by atoms with Gasteiger partial charge in [0.05, 0.1) is 7.11 Å². The molecule has 18 heavy (non-hydrogen) atoms. The third-order valence-corrected chi connectivity index (χ3v) is 3.46. The summed E-state index contributed by atoms with van der Waals surface area (Å²) in [7, 11) is 1.43. The predicted molar refractivity (Wildman–Crippen MR) is 69.5 cm³/mol. The van der Waals surface area contributed by atoms with Crippen molar-refractivity contribution in [1.82, 2.24) is 4.98 Å². The molecule has 0 N–H and O–H groups in total. The number of ether oxygens (including phenoxy) is 1. The van der Waals surface area contributed by atoms with Crippen LogP contribution < -0.4 is 4.90 Å². The third-order valence-electron chi connectivity index (χ3n) is 3.46. The van der Waals surface area contributed by atoms with E-state index >= 15 is 0 Å². The topological polar surface area (TPSA) is 42.4 Å². The first-order valence-corrected chi connectivity index (χ1v) is 5.98. The minimum Gasteiger partial charge on any atom is -0.467 e. The Balaban J connectivity index is 2.02. The average Bonchev–Trinajstić information content (AvgIpc) is 2.38. The van der Waals surface area contributed by atoms with Gasteiger partial charge in [-0.15, -0.1) is 0 Å². The summed E-state index contributed by atoms with van der Waals surface area (Å²) in [5.74, 6) is -0.165. The van der Waals surface area contributed by atoms with Gasteiger partial charge in [0.2, 0.25) is 0 Å². The van der Waals surface area contributed by atoms with Crippen LogP contribution in [0, 0.1) is 0 Å². The van der Waals surface area contributed by atoms with Crippen molar-refractivity contribution in [3.05, 3.63) is 36.7 Å². The molecule has 1 unspecified atom stereocenters. The van der Waals surface area contributed by atoms with Gasteiger partial charge >= 0.3 is 5.97 Å². The molecule has 2 heterocycles. The van der Waals surface area contributed by atoms with Gasteiger partial charge < -0.3 is 9.64 Å². The lowest BCUT2D eigenvalue weighted by atomic mass is 10.00. The minimum absolute atomic E-state index is 0.152. The maximum atomic E-state index is 11.6. The van der Waals surface area contributed by atoms with E-state index in [9.17, 15) is 4.79 Å². The molecule has 0 bridgehead atoms. The number of anilines is 1. The van der Waals surface area contributed by atoms with Crippen LogP contribution in [-0.4, -0.2) is 30.6 Å². The standard InChI is InChI=1S/C14H14N2O2/c1-18-14(17)13-6-8-16(13)12-4-2-3-10-5-7-15-9-11(10)12/h2-5,7,9,13H,6,8H2,1H3. The molecule has 92 valence electrons. The second-order valence-electron chi connectivity index (χ2n) is 4.39. The van der Waals surface area contributed by atoms with Crippen LogP contribution in [0.3, 0.4) is 0 Å². The van der Waals surface area contributed by atoms with Crippen LogP contribution in [0.5, 0.6) is 0 Å². The Morgan fingerprint density at radius 1 is 1.44 bits per heavy atom. The monoisotopic (exact) mass is 242 g/mol. The summed E-state index contributed by atoms with van der Waals surface area (Å²) in [5.41, 5.74) is 1.06. The molecule has 1 aliphatic rings. The Hall–Kier alpha value is -2.10. The first-order valence-electron chi connectivity index (χ1n) is 5.98. The molecule has 2 aromatic rings. The van der Waals surface area contributed by atoms with E-state index in [4.69, 9.17) is 4.74 Å². The van der Waals surface area contributed by atoms with Crippen LogP contribution in [0.1, 0.15) is 6.42 Å². The van der Waals surface area contributed by atoms with Gasteiger partial charge in [-0.2, -0.15) is 0 Å². The van der Waals surface area contributed by atoms with Crippen LogP contribution >= 0.6 is 0 Å². The van der Waals surface area contributed by atoms with Crippen LogP contribution in [0.2, 0.25) is 0 Å². The normalized spacial score (nSPS) is 18.5. The zero-order chi connectivity index (χ0) is 12.5. The van der Waals surface area contributed by atoms with Crippen LogP contribution in [0.4, 0.5) is 5.69 Å². The number of hydrogen-bond donors (Lipinski definition) is 0. The van der Waals surface area contributed by atoms with Gasteiger partial charge in [-0.05, 0) is 23.9 Å². The van der Waals surface area contributed by atoms with Gasteiger partial charge in [0, 0.05) is 30.0 Å². The summed E-state index contributed by atoms with van der Waals surface area (Å²) >= 11 is 0. The lowest BCUT2D eigenvalue weighted by molar-refractivity contribution is -0.143. The SMILES string of the molecule is COC(=O)C1CCN1c1cccc2ccncc12. The smallest absolute Gasteiger partial charge is 0.328 e. The number of methoxy groups -OCH3 is 1. The number of fused-ring (bicyclic) bond motifs is 1. The summed E-state index contributed by atoms with van der Waals surface area (Å²) in [5, 5.41) is 2.21. The molecular formula is C14H14N2O2. The molecule has 3 rings (SSSR count). The fourth-order valence-electron chi connectivity index (χ4n) is 2.40. The average molecular weight is 242 g/mol.